The van der Waals surface area contributed by atoms with E-state index < -0.39 is 0 Å². The third-order valence-corrected chi connectivity index (χ3v) is 5.72. The molecule has 0 unspecified atom stereocenters. The maximum Gasteiger partial charge on any atom is 0.120 e. The molecule has 0 aliphatic carbocycles. The molecule has 1 atom stereocenters. The van der Waals surface area contributed by atoms with Gasteiger partial charge in [0.05, 0.1) is 5.52 Å². The lowest BCUT2D eigenvalue weighted by Gasteiger charge is -2.09. The Labute approximate surface area is 121 Å². The van der Waals surface area contributed by atoms with E-state index >= 15 is 0 Å². The van der Waals surface area contributed by atoms with Gasteiger partial charge in [0, 0.05) is 10.6 Å². The zero-order valence-electron chi connectivity index (χ0n) is 10.2. The number of aromatic nitrogens is 1. The minimum atomic E-state index is -0.340. The first-order chi connectivity index (χ1) is 8.58. The zero-order chi connectivity index (χ0) is 12.9. The third-order valence-electron chi connectivity index (χ3n) is 3.52. The molecule has 0 saturated carbocycles. The van der Waals surface area contributed by atoms with Crippen LogP contribution >= 0.6 is 35.0 Å². The van der Waals surface area contributed by atoms with E-state index in [1.807, 2.05) is 0 Å². The lowest BCUT2D eigenvalue weighted by atomic mass is 10.0. The van der Waals surface area contributed by atoms with Gasteiger partial charge in [0.15, 0.2) is 0 Å². The molecule has 4 heteroatoms. The molecule has 94 valence electrons. The van der Waals surface area contributed by atoms with E-state index in [2.05, 4.69) is 32.0 Å². The zero-order valence-corrected chi connectivity index (χ0v) is 12.5. The molecule has 1 aliphatic heterocycles. The van der Waals surface area contributed by atoms with E-state index in [9.17, 15) is 0 Å². The molecule has 1 nitrogen and oxygen atoms in total. The number of fused-ring (bicyclic) bond motifs is 2. The molecule has 0 N–H and O–H groups in total. The highest BCUT2D eigenvalue weighted by atomic mass is 35.5. The molecule has 2 aromatic rings. The average Bonchev–Trinajstić information content (AvgIpc) is 2.75. The first-order valence-corrected chi connectivity index (χ1v) is 7.67. The molecular weight excluding hydrogens is 285 g/mol. The van der Waals surface area contributed by atoms with Crippen molar-refractivity contribution in [2.75, 3.05) is 0 Å². The van der Waals surface area contributed by atoms with Crippen LogP contribution < -0.4 is 0 Å². The lowest BCUT2D eigenvalue weighted by Crippen LogP contribution is -2.10. The van der Waals surface area contributed by atoms with Crippen molar-refractivity contribution in [3.8, 4) is 0 Å². The first kappa shape index (κ1) is 12.6. The standard InChI is InChI=1S/C14H13Cl2NS/c1-7-4-3-5-9-8(2)10-6-11(13(15)16)18-14(10)17-12(7)9/h3-5,11,13H,6H2,1-2H3/t11-/m0/s1. The van der Waals surface area contributed by atoms with Gasteiger partial charge in [-0.15, -0.1) is 23.2 Å². The summed E-state index contributed by atoms with van der Waals surface area (Å²) < 4.78 is 0. The van der Waals surface area contributed by atoms with Crippen LogP contribution in [0.2, 0.25) is 0 Å². The van der Waals surface area contributed by atoms with Crippen molar-refractivity contribution in [3.05, 3.63) is 34.9 Å². The van der Waals surface area contributed by atoms with Crippen molar-refractivity contribution in [1.82, 2.24) is 4.98 Å². The molecule has 1 aromatic heterocycles. The second-order valence-corrected chi connectivity index (χ2v) is 7.08. The van der Waals surface area contributed by atoms with Crippen LogP contribution in [-0.2, 0) is 6.42 Å². The smallest absolute Gasteiger partial charge is 0.120 e. The number of benzene rings is 1. The summed E-state index contributed by atoms with van der Waals surface area (Å²) in [6, 6.07) is 6.33. The van der Waals surface area contributed by atoms with E-state index in [4.69, 9.17) is 28.2 Å². The fourth-order valence-corrected chi connectivity index (χ4v) is 4.12. The summed E-state index contributed by atoms with van der Waals surface area (Å²) in [4.78, 5) is 4.45. The molecule has 0 fully saturated rings. The van der Waals surface area contributed by atoms with Crippen LogP contribution in [0.3, 0.4) is 0 Å². The molecule has 3 rings (SSSR count). The number of halogens is 2. The highest BCUT2D eigenvalue weighted by molar-refractivity contribution is 8.00. The fourth-order valence-electron chi connectivity index (χ4n) is 2.47. The summed E-state index contributed by atoms with van der Waals surface area (Å²) in [7, 11) is 0. The molecule has 0 bridgehead atoms. The van der Waals surface area contributed by atoms with Crippen molar-refractivity contribution in [3.63, 3.8) is 0 Å². The van der Waals surface area contributed by atoms with Gasteiger partial charge in [0.2, 0.25) is 0 Å². The predicted octanol–water partition coefficient (Wildman–Crippen LogP) is 4.67. The van der Waals surface area contributed by atoms with Crippen molar-refractivity contribution < 1.29 is 0 Å². The molecular formula is C14H13Cl2NS. The van der Waals surface area contributed by atoms with E-state index in [1.165, 1.54) is 22.1 Å². The topological polar surface area (TPSA) is 12.9 Å². The van der Waals surface area contributed by atoms with Crippen molar-refractivity contribution in [2.24, 2.45) is 0 Å². The number of aryl methyl sites for hydroxylation is 2. The number of pyridine rings is 1. The number of hydrogen-bond donors (Lipinski definition) is 0. The third kappa shape index (κ3) is 1.91. The van der Waals surface area contributed by atoms with Gasteiger partial charge in [-0.1, -0.05) is 30.0 Å². The quantitative estimate of drug-likeness (QED) is 0.709. The van der Waals surface area contributed by atoms with E-state index in [0.29, 0.717) is 0 Å². The van der Waals surface area contributed by atoms with Crippen molar-refractivity contribution >= 4 is 45.9 Å². The average molecular weight is 298 g/mol. The minimum absolute atomic E-state index is 0.228. The van der Waals surface area contributed by atoms with E-state index in [1.54, 1.807) is 11.8 Å². The van der Waals surface area contributed by atoms with Gasteiger partial charge in [-0.2, -0.15) is 0 Å². The van der Waals surface area contributed by atoms with E-state index in [-0.39, 0.29) is 10.1 Å². The SMILES string of the molecule is Cc1c2c(nc3c(C)cccc13)S[C@H](C(Cl)Cl)C2. The number of thioether (sulfide) groups is 1. The Morgan fingerprint density at radius 2 is 2.11 bits per heavy atom. The Morgan fingerprint density at radius 1 is 1.33 bits per heavy atom. The van der Waals surface area contributed by atoms with Gasteiger partial charge in [-0.3, -0.25) is 0 Å². The maximum atomic E-state index is 6.01. The number of alkyl halides is 2. The number of para-hydroxylation sites is 1. The van der Waals surface area contributed by atoms with Crippen LogP contribution in [0.25, 0.3) is 10.9 Å². The van der Waals surface area contributed by atoms with Gasteiger partial charge in [-0.05, 0) is 37.0 Å². The molecule has 0 amide bonds. The van der Waals surface area contributed by atoms with Gasteiger partial charge in [-0.25, -0.2) is 4.98 Å². The van der Waals surface area contributed by atoms with Crippen molar-refractivity contribution in [2.45, 2.75) is 35.4 Å². The molecule has 0 saturated heterocycles. The molecule has 18 heavy (non-hydrogen) atoms. The van der Waals surface area contributed by atoms with Gasteiger partial charge >= 0.3 is 0 Å². The summed E-state index contributed by atoms with van der Waals surface area (Å²) in [5, 5.41) is 2.58. The number of nitrogens with zero attached hydrogens (tertiary/aromatic N) is 1. The van der Waals surface area contributed by atoms with Crippen molar-refractivity contribution in [1.29, 1.82) is 0 Å². The Morgan fingerprint density at radius 3 is 2.83 bits per heavy atom. The number of hydrogen-bond acceptors (Lipinski definition) is 2. The summed E-state index contributed by atoms with van der Waals surface area (Å²) in [5.74, 6) is 0. The normalized spacial score (nSPS) is 18.6. The second-order valence-electron chi connectivity index (χ2n) is 4.69. The molecule has 1 aliphatic rings. The largest absolute Gasteiger partial charge is 0.241 e. The van der Waals surface area contributed by atoms with Crippen LogP contribution in [0.4, 0.5) is 0 Å². The molecule has 1 aromatic carbocycles. The van der Waals surface area contributed by atoms with Crippen LogP contribution in [0.1, 0.15) is 16.7 Å². The Hall–Kier alpha value is -0.440. The first-order valence-electron chi connectivity index (χ1n) is 5.91. The van der Waals surface area contributed by atoms with Crippen LogP contribution in [0.5, 0.6) is 0 Å². The molecule has 0 spiro atoms. The minimum Gasteiger partial charge on any atom is -0.241 e. The highest BCUT2D eigenvalue weighted by Crippen LogP contribution is 2.43. The molecule has 2 heterocycles. The molecule has 0 radical (unpaired) electrons. The van der Waals surface area contributed by atoms with Crippen LogP contribution in [-0.4, -0.2) is 15.1 Å². The van der Waals surface area contributed by atoms with E-state index in [0.717, 1.165) is 17.0 Å². The van der Waals surface area contributed by atoms with Gasteiger partial charge in [0.1, 0.15) is 9.86 Å². The monoisotopic (exact) mass is 297 g/mol. The summed E-state index contributed by atoms with van der Waals surface area (Å²) >= 11 is 13.7. The second kappa shape index (κ2) is 4.59. The summed E-state index contributed by atoms with van der Waals surface area (Å²) in [6.07, 6.45) is 0.917. The maximum absolute atomic E-state index is 6.01. The Kier molecular flexibility index (Phi) is 3.21. The summed E-state index contributed by atoms with van der Waals surface area (Å²) in [5.41, 5.74) is 4.95. The fraction of sp³-hybridized carbons (Fsp3) is 0.357. The Bertz CT molecular complexity index is 625. The van der Waals surface area contributed by atoms with Crippen LogP contribution in [0.15, 0.2) is 23.2 Å². The highest BCUT2D eigenvalue weighted by Gasteiger charge is 2.30. The number of rotatable bonds is 1. The Balaban J connectivity index is 2.21. The van der Waals surface area contributed by atoms with Crippen LogP contribution in [0, 0.1) is 13.8 Å². The van der Waals surface area contributed by atoms with Gasteiger partial charge in [0.25, 0.3) is 0 Å². The summed E-state index contributed by atoms with van der Waals surface area (Å²) in [6.45, 7) is 4.27. The predicted molar refractivity (Wildman–Crippen MR) is 80.1 cm³/mol. The lowest BCUT2D eigenvalue weighted by molar-refractivity contribution is 0.914. The van der Waals surface area contributed by atoms with Gasteiger partial charge < -0.3 is 0 Å².